The third-order valence-corrected chi connectivity index (χ3v) is 3.61. The molecule has 0 heterocycles. The van der Waals surface area contributed by atoms with Gasteiger partial charge in [0.1, 0.15) is 5.69 Å². The van der Waals surface area contributed by atoms with Crippen molar-refractivity contribution in [1.82, 2.24) is 10.6 Å². The molecule has 0 saturated heterocycles. The lowest BCUT2D eigenvalue weighted by atomic mass is 10.1. The molecular weight excluding hydrogens is 320 g/mol. The number of benzene rings is 2. The fourth-order valence-corrected chi connectivity index (χ4v) is 2.41. The van der Waals surface area contributed by atoms with E-state index in [2.05, 4.69) is 22.0 Å². The normalized spacial score (nSPS) is 10.1. The molecule has 0 unspecified atom stereocenters. The van der Waals surface area contributed by atoms with Gasteiger partial charge in [0.15, 0.2) is 0 Å². The maximum atomic E-state index is 11.7. The third kappa shape index (κ3) is 6.14. The topological polar surface area (TPSA) is 96.3 Å². The van der Waals surface area contributed by atoms with Crippen LogP contribution < -0.4 is 16.0 Å². The van der Waals surface area contributed by atoms with Gasteiger partial charge in [0, 0.05) is 25.7 Å². The first-order chi connectivity index (χ1) is 12.1. The molecule has 25 heavy (non-hydrogen) atoms. The van der Waals surface area contributed by atoms with Crippen molar-refractivity contribution in [3.05, 3.63) is 69.8 Å². The van der Waals surface area contributed by atoms with Gasteiger partial charge in [-0.2, -0.15) is 0 Å². The van der Waals surface area contributed by atoms with Crippen molar-refractivity contribution in [3.63, 3.8) is 0 Å². The van der Waals surface area contributed by atoms with Crippen LogP contribution in [0.2, 0.25) is 0 Å². The standard InChI is InChI=1S/C18H22N4O3/c1-14-5-4-6-15(13-14)9-10-20-18(23)21-12-11-19-16-7-2-3-8-17(16)22(24)25/h2-8,13,19H,9-12H2,1H3,(H2,20,21,23). The lowest BCUT2D eigenvalue weighted by Crippen LogP contribution is -2.38. The number of anilines is 1. The van der Waals surface area contributed by atoms with E-state index in [1.807, 2.05) is 25.1 Å². The van der Waals surface area contributed by atoms with E-state index in [4.69, 9.17) is 0 Å². The van der Waals surface area contributed by atoms with Crippen molar-refractivity contribution < 1.29 is 9.72 Å². The minimum atomic E-state index is -0.437. The molecule has 0 aliphatic rings. The van der Waals surface area contributed by atoms with E-state index >= 15 is 0 Å². The maximum Gasteiger partial charge on any atom is 0.314 e. The summed E-state index contributed by atoms with van der Waals surface area (Å²) in [5, 5.41) is 19.4. The monoisotopic (exact) mass is 342 g/mol. The fourth-order valence-electron chi connectivity index (χ4n) is 2.41. The molecule has 0 aromatic heterocycles. The number of carbonyl (C=O) groups is 1. The molecule has 0 spiro atoms. The van der Waals surface area contributed by atoms with E-state index in [9.17, 15) is 14.9 Å². The SMILES string of the molecule is Cc1cccc(CCNC(=O)NCCNc2ccccc2[N+](=O)[O-])c1. The average molecular weight is 342 g/mol. The van der Waals surface area contributed by atoms with Crippen LogP contribution >= 0.6 is 0 Å². The van der Waals surface area contributed by atoms with Gasteiger partial charge in [-0.05, 0) is 25.0 Å². The third-order valence-electron chi connectivity index (χ3n) is 3.61. The molecule has 0 radical (unpaired) electrons. The van der Waals surface area contributed by atoms with Crippen LogP contribution in [0.1, 0.15) is 11.1 Å². The minimum absolute atomic E-state index is 0.0186. The van der Waals surface area contributed by atoms with Crippen LogP contribution in [0, 0.1) is 17.0 Å². The number of carbonyl (C=O) groups excluding carboxylic acids is 1. The number of nitro groups is 1. The first-order valence-electron chi connectivity index (χ1n) is 8.11. The van der Waals surface area contributed by atoms with E-state index < -0.39 is 4.92 Å². The molecule has 0 aliphatic heterocycles. The van der Waals surface area contributed by atoms with Crippen LogP contribution in [0.15, 0.2) is 48.5 Å². The number of rotatable bonds is 8. The molecule has 0 saturated carbocycles. The van der Waals surface area contributed by atoms with Crippen molar-refractivity contribution in [2.45, 2.75) is 13.3 Å². The van der Waals surface area contributed by atoms with Crippen molar-refractivity contribution in [1.29, 1.82) is 0 Å². The quantitative estimate of drug-likeness (QED) is 0.390. The Balaban J connectivity index is 1.65. The summed E-state index contributed by atoms with van der Waals surface area (Å²) in [6, 6.07) is 14.3. The molecule has 0 fully saturated rings. The van der Waals surface area contributed by atoms with E-state index in [1.165, 1.54) is 17.2 Å². The summed E-state index contributed by atoms with van der Waals surface area (Å²) in [7, 11) is 0. The molecule has 3 N–H and O–H groups in total. The van der Waals surface area contributed by atoms with Crippen LogP contribution in [0.25, 0.3) is 0 Å². The summed E-state index contributed by atoms with van der Waals surface area (Å²) in [6.45, 7) is 3.35. The molecular formula is C18H22N4O3. The zero-order valence-electron chi connectivity index (χ0n) is 14.1. The second-order valence-electron chi connectivity index (χ2n) is 5.62. The second kappa shape index (κ2) is 9.27. The van der Waals surface area contributed by atoms with Crippen LogP contribution in [-0.2, 0) is 6.42 Å². The molecule has 132 valence electrons. The molecule has 7 heteroatoms. The first kappa shape index (κ1) is 18.3. The van der Waals surface area contributed by atoms with Gasteiger partial charge in [0.2, 0.25) is 0 Å². The molecule has 0 bridgehead atoms. The molecule has 0 aliphatic carbocycles. The van der Waals surface area contributed by atoms with Crippen LogP contribution in [-0.4, -0.2) is 30.6 Å². The lowest BCUT2D eigenvalue weighted by Gasteiger charge is -2.10. The number of nitrogens with one attached hydrogen (secondary N) is 3. The molecule has 2 aromatic rings. The Bertz CT molecular complexity index is 734. The Labute approximate surface area is 146 Å². The van der Waals surface area contributed by atoms with Crippen LogP contribution in [0.3, 0.4) is 0 Å². The molecule has 0 atom stereocenters. The van der Waals surface area contributed by atoms with Gasteiger partial charge < -0.3 is 16.0 Å². The Morgan fingerprint density at radius 1 is 1.04 bits per heavy atom. The van der Waals surface area contributed by atoms with Gasteiger partial charge in [0.25, 0.3) is 5.69 Å². The van der Waals surface area contributed by atoms with Crippen molar-refractivity contribution in [3.8, 4) is 0 Å². The Hall–Kier alpha value is -3.09. The van der Waals surface area contributed by atoms with Gasteiger partial charge in [-0.3, -0.25) is 10.1 Å². The van der Waals surface area contributed by atoms with E-state index in [0.717, 1.165) is 6.42 Å². The number of hydrogen-bond acceptors (Lipinski definition) is 4. The smallest absolute Gasteiger partial charge is 0.314 e. The van der Waals surface area contributed by atoms with E-state index in [1.54, 1.807) is 18.2 Å². The second-order valence-corrected chi connectivity index (χ2v) is 5.62. The highest BCUT2D eigenvalue weighted by molar-refractivity contribution is 5.73. The zero-order valence-corrected chi connectivity index (χ0v) is 14.1. The molecule has 2 amide bonds. The lowest BCUT2D eigenvalue weighted by molar-refractivity contribution is -0.384. The molecule has 2 rings (SSSR count). The Morgan fingerprint density at radius 3 is 2.56 bits per heavy atom. The summed E-state index contributed by atoms with van der Waals surface area (Å²) >= 11 is 0. The number of aryl methyl sites for hydroxylation is 1. The maximum absolute atomic E-state index is 11.7. The Kier molecular flexibility index (Phi) is 6.76. The van der Waals surface area contributed by atoms with Crippen molar-refractivity contribution in [2.24, 2.45) is 0 Å². The van der Waals surface area contributed by atoms with Gasteiger partial charge >= 0.3 is 6.03 Å². The highest BCUT2D eigenvalue weighted by atomic mass is 16.6. The Morgan fingerprint density at radius 2 is 1.80 bits per heavy atom. The number of hydrogen-bond donors (Lipinski definition) is 3. The van der Waals surface area contributed by atoms with Gasteiger partial charge in [-0.25, -0.2) is 4.79 Å². The molecule has 7 nitrogen and oxygen atoms in total. The van der Waals surface area contributed by atoms with Gasteiger partial charge in [0.05, 0.1) is 4.92 Å². The summed E-state index contributed by atoms with van der Waals surface area (Å²) in [4.78, 5) is 22.2. The van der Waals surface area contributed by atoms with Crippen molar-refractivity contribution in [2.75, 3.05) is 25.0 Å². The highest BCUT2D eigenvalue weighted by Gasteiger charge is 2.11. The van der Waals surface area contributed by atoms with E-state index in [0.29, 0.717) is 25.3 Å². The van der Waals surface area contributed by atoms with Crippen LogP contribution in [0.4, 0.5) is 16.2 Å². The summed E-state index contributed by atoms with van der Waals surface area (Å²) in [5.74, 6) is 0. The minimum Gasteiger partial charge on any atom is -0.378 e. The highest BCUT2D eigenvalue weighted by Crippen LogP contribution is 2.22. The van der Waals surface area contributed by atoms with E-state index in [-0.39, 0.29) is 11.7 Å². The number of urea groups is 1. The largest absolute Gasteiger partial charge is 0.378 e. The number of para-hydroxylation sites is 2. The number of nitrogens with zero attached hydrogens (tertiary/aromatic N) is 1. The zero-order chi connectivity index (χ0) is 18.1. The first-order valence-corrected chi connectivity index (χ1v) is 8.11. The van der Waals surface area contributed by atoms with Gasteiger partial charge in [-0.1, -0.05) is 42.0 Å². The average Bonchev–Trinajstić information content (AvgIpc) is 2.59. The number of amides is 2. The predicted molar refractivity (Wildman–Crippen MR) is 97.9 cm³/mol. The summed E-state index contributed by atoms with van der Waals surface area (Å²) < 4.78 is 0. The van der Waals surface area contributed by atoms with Crippen molar-refractivity contribution >= 4 is 17.4 Å². The van der Waals surface area contributed by atoms with Gasteiger partial charge in [-0.15, -0.1) is 0 Å². The number of nitro benzene ring substituents is 1. The summed E-state index contributed by atoms with van der Waals surface area (Å²) in [5.41, 5.74) is 2.83. The summed E-state index contributed by atoms with van der Waals surface area (Å²) in [6.07, 6.45) is 0.767. The molecule has 2 aromatic carbocycles. The van der Waals surface area contributed by atoms with Crippen LogP contribution in [0.5, 0.6) is 0 Å². The fraction of sp³-hybridized carbons (Fsp3) is 0.278. The predicted octanol–water partition coefficient (Wildman–Crippen LogP) is 2.86.